The van der Waals surface area contributed by atoms with Crippen molar-refractivity contribution >= 4 is 43.6 Å². The molecule has 0 spiro atoms. The molecule has 0 atom stereocenters. The van der Waals surface area contributed by atoms with Gasteiger partial charge >= 0.3 is 12.4 Å². The van der Waals surface area contributed by atoms with E-state index in [4.69, 9.17) is 15.0 Å². The Labute approximate surface area is 463 Å². The monoisotopic (exact) mass is 1080 g/mol. The van der Waals surface area contributed by atoms with Gasteiger partial charge in [-0.15, -0.1) is 0 Å². The van der Waals surface area contributed by atoms with Crippen molar-refractivity contribution in [2.75, 3.05) is 0 Å². The number of benzene rings is 8. The molecule has 3 aromatic heterocycles. The number of aromatic nitrogens is 5. The van der Waals surface area contributed by atoms with E-state index in [9.17, 15) is 26.3 Å². The van der Waals surface area contributed by atoms with E-state index in [2.05, 4.69) is 160 Å². The van der Waals surface area contributed by atoms with Crippen LogP contribution in [0.15, 0.2) is 164 Å². The summed E-state index contributed by atoms with van der Waals surface area (Å²) in [4.78, 5) is 16.3. The molecule has 11 aromatic rings. The molecule has 0 aliphatic rings. The minimum Gasteiger partial charge on any atom is -0.309 e. The van der Waals surface area contributed by atoms with Crippen LogP contribution in [0.2, 0.25) is 0 Å². The van der Waals surface area contributed by atoms with Gasteiger partial charge in [0, 0.05) is 43.8 Å². The minimum absolute atomic E-state index is 0.00657. The van der Waals surface area contributed by atoms with Crippen molar-refractivity contribution in [2.45, 2.75) is 117 Å². The van der Waals surface area contributed by atoms with Gasteiger partial charge < -0.3 is 9.13 Å². The lowest BCUT2D eigenvalue weighted by molar-refractivity contribution is -0.138. The van der Waals surface area contributed by atoms with Crippen LogP contribution in [0.5, 0.6) is 0 Å². The first-order chi connectivity index (χ1) is 37.4. The second-order valence-electron chi connectivity index (χ2n) is 25.3. The quantitative estimate of drug-likeness (QED) is 0.156. The molecule has 3 heterocycles. The average Bonchev–Trinajstić information content (AvgIpc) is 3.93. The van der Waals surface area contributed by atoms with E-state index in [0.717, 1.165) is 96.3 Å². The van der Waals surface area contributed by atoms with Gasteiger partial charge in [0.25, 0.3) is 0 Å². The summed E-state index contributed by atoms with van der Waals surface area (Å²) in [6.45, 7) is 26.1. The van der Waals surface area contributed by atoms with Gasteiger partial charge in [0.05, 0.1) is 44.6 Å². The second kappa shape index (κ2) is 18.8. The Kier molecular flexibility index (Phi) is 12.7. The van der Waals surface area contributed by atoms with Crippen molar-refractivity contribution in [3.05, 3.63) is 197 Å². The van der Waals surface area contributed by atoms with Crippen LogP contribution in [-0.2, 0) is 34.0 Å². The Morgan fingerprint density at radius 3 is 1.06 bits per heavy atom. The SMILES string of the molecule is CC(C)(C)c1cc(-c2nc(-c3cc(C(C)(C)C)cc(C(C)(C)C)c3)nc(-c3cc(-c4ccccc4-n4c5ccccc5c5ccccc54)ccc3-n3c4ccc(C(F)(F)F)cc4c4cc(C(F)(F)F)ccc43)n2)cc(C(C)(C)C)c1. The first kappa shape index (κ1) is 53.9. The predicted octanol–water partition coefficient (Wildman–Crippen LogP) is 20.0. The lowest BCUT2D eigenvalue weighted by Crippen LogP contribution is -2.17. The maximum Gasteiger partial charge on any atom is 0.416 e. The molecule has 0 radical (unpaired) electrons. The van der Waals surface area contributed by atoms with Crippen molar-refractivity contribution in [1.82, 2.24) is 24.1 Å². The van der Waals surface area contributed by atoms with Crippen LogP contribution < -0.4 is 0 Å². The van der Waals surface area contributed by atoms with Crippen LogP contribution >= 0.6 is 0 Å². The summed E-state index contributed by atoms with van der Waals surface area (Å²) >= 11 is 0. The van der Waals surface area contributed by atoms with Crippen LogP contribution in [0.3, 0.4) is 0 Å². The fraction of sp³-hybridized carbons (Fsp3) is 0.261. The van der Waals surface area contributed by atoms with Crippen molar-refractivity contribution < 1.29 is 26.3 Å². The number of hydrogen-bond acceptors (Lipinski definition) is 3. The molecule has 0 saturated heterocycles. The van der Waals surface area contributed by atoms with Gasteiger partial charge in [0.15, 0.2) is 17.5 Å². The van der Waals surface area contributed by atoms with Crippen LogP contribution in [0.1, 0.15) is 116 Å². The van der Waals surface area contributed by atoms with Crippen LogP contribution in [0.25, 0.3) is 100 Å². The van der Waals surface area contributed by atoms with Crippen molar-refractivity contribution in [1.29, 1.82) is 0 Å². The molecule has 0 amide bonds. The summed E-state index contributed by atoms with van der Waals surface area (Å²) in [5.41, 5.74) is 8.78. The average molecular weight is 1080 g/mol. The molecule has 11 heteroatoms. The summed E-state index contributed by atoms with van der Waals surface area (Å²) in [6.07, 6.45) is -9.54. The zero-order chi connectivity index (χ0) is 57.2. The van der Waals surface area contributed by atoms with E-state index in [1.807, 2.05) is 54.6 Å². The van der Waals surface area contributed by atoms with Crippen LogP contribution in [0, 0.1) is 0 Å². The second-order valence-corrected chi connectivity index (χ2v) is 25.3. The summed E-state index contributed by atoms with van der Waals surface area (Å²) in [7, 11) is 0. The zero-order valence-corrected chi connectivity index (χ0v) is 47.1. The van der Waals surface area contributed by atoms with Gasteiger partial charge in [-0.05, 0) is 140 Å². The van der Waals surface area contributed by atoms with Crippen molar-refractivity contribution in [3.8, 4) is 56.7 Å². The Morgan fingerprint density at radius 2 is 0.650 bits per heavy atom. The standard InChI is InChI=1S/C69H63F6N5/c1-64(2,3)45-31-41(32-46(36-45)65(4,5)6)61-76-62(42-33-47(66(7,8)9)37-48(34-42)67(10,11)12)78-63(77-61)54-35-40(49-19-13-16-22-55(49)79-56-23-17-14-20-50(56)51-21-15-18-24-57(51)79)25-28-60(54)80-58-29-26-43(68(70,71)72)38-52(58)53-39-44(69(73,74)75)27-30-59(53)80/h13-39H,1-12H3. The van der Waals surface area contributed by atoms with E-state index >= 15 is 0 Å². The van der Waals surface area contributed by atoms with Gasteiger partial charge in [0.1, 0.15) is 0 Å². The normalized spacial score (nSPS) is 13.1. The highest BCUT2D eigenvalue weighted by molar-refractivity contribution is 6.11. The van der Waals surface area contributed by atoms with Crippen molar-refractivity contribution in [2.24, 2.45) is 0 Å². The number of fused-ring (bicyclic) bond motifs is 6. The molecular formula is C69H63F6N5. The fourth-order valence-electron chi connectivity index (χ4n) is 10.8. The van der Waals surface area contributed by atoms with E-state index in [1.54, 1.807) is 4.57 Å². The predicted molar refractivity (Wildman–Crippen MR) is 315 cm³/mol. The maximum absolute atomic E-state index is 14.6. The van der Waals surface area contributed by atoms with Crippen LogP contribution in [-0.4, -0.2) is 24.1 Å². The summed E-state index contributed by atoms with van der Waals surface area (Å²) in [5, 5.41) is 2.19. The maximum atomic E-state index is 14.6. The third-order valence-corrected chi connectivity index (χ3v) is 15.4. The molecule has 0 aliphatic heterocycles. The molecule has 406 valence electrons. The number of nitrogens with zero attached hydrogens (tertiary/aromatic N) is 5. The smallest absolute Gasteiger partial charge is 0.309 e. The Hall–Kier alpha value is -8.05. The molecule has 5 nitrogen and oxygen atoms in total. The topological polar surface area (TPSA) is 48.5 Å². The Bertz CT molecular complexity index is 3980. The fourth-order valence-corrected chi connectivity index (χ4v) is 10.8. The largest absolute Gasteiger partial charge is 0.416 e. The minimum atomic E-state index is -4.77. The number of alkyl halides is 6. The van der Waals surface area contributed by atoms with Gasteiger partial charge in [-0.2, -0.15) is 26.3 Å². The van der Waals surface area contributed by atoms with Gasteiger partial charge in [0.2, 0.25) is 0 Å². The van der Waals surface area contributed by atoms with Gasteiger partial charge in [-0.25, -0.2) is 15.0 Å². The van der Waals surface area contributed by atoms with Gasteiger partial charge in [-0.3, -0.25) is 0 Å². The van der Waals surface area contributed by atoms with Gasteiger partial charge in [-0.1, -0.05) is 156 Å². The molecule has 0 aliphatic carbocycles. The molecule has 0 saturated carbocycles. The Morgan fingerprint density at radius 1 is 0.287 bits per heavy atom. The number of rotatable bonds is 6. The summed E-state index contributed by atoms with van der Waals surface area (Å²) < 4.78 is 91.7. The molecule has 0 fully saturated rings. The molecule has 8 aromatic carbocycles. The highest BCUT2D eigenvalue weighted by Gasteiger charge is 2.34. The highest BCUT2D eigenvalue weighted by Crippen LogP contribution is 2.45. The summed E-state index contributed by atoms with van der Waals surface area (Å²) in [6, 6.07) is 50.0. The van der Waals surface area contributed by atoms with E-state index in [1.165, 1.54) is 12.1 Å². The first-order valence-corrected chi connectivity index (χ1v) is 27.0. The molecule has 80 heavy (non-hydrogen) atoms. The number of hydrogen-bond donors (Lipinski definition) is 0. The number of halogens is 6. The highest BCUT2D eigenvalue weighted by atomic mass is 19.4. The molecule has 0 unspecified atom stereocenters. The molecule has 0 N–H and O–H groups in total. The zero-order valence-electron chi connectivity index (χ0n) is 47.1. The first-order valence-electron chi connectivity index (χ1n) is 27.0. The van der Waals surface area contributed by atoms with Crippen LogP contribution in [0.4, 0.5) is 26.3 Å². The lowest BCUT2D eigenvalue weighted by atomic mass is 9.79. The van der Waals surface area contributed by atoms with E-state index < -0.39 is 23.5 Å². The summed E-state index contributed by atoms with van der Waals surface area (Å²) in [5.74, 6) is 1.05. The van der Waals surface area contributed by atoms with E-state index in [0.29, 0.717) is 22.9 Å². The third kappa shape index (κ3) is 9.83. The number of para-hydroxylation sites is 3. The lowest BCUT2D eigenvalue weighted by Gasteiger charge is -2.26. The molecule has 0 bridgehead atoms. The molecule has 11 rings (SSSR count). The third-order valence-electron chi connectivity index (χ3n) is 15.4. The van der Waals surface area contributed by atoms with Crippen molar-refractivity contribution in [3.63, 3.8) is 0 Å². The van der Waals surface area contributed by atoms with E-state index in [-0.39, 0.29) is 49.3 Å². The molecular weight excluding hydrogens is 1010 g/mol. The Balaban J connectivity index is 1.28.